The highest BCUT2D eigenvalue weighted by atomic mass is 32.2. The van der Waals surface area contributed by atoms with Crippen molar-refractivity contribution in [3.63, 3.8) is 0 Å². The van der Waals surface area contributed by atoms with E-state index in [1.165, 1.54) is 6.07 Å². The van der Waals surface area contributed by atoms with Crippen molar-refractivity contribution >= 4 is 28.2 Å². The molecule has 3 rings (SSSR count). The van der Waals surface area contributed by atoms with Gasteiger partial charge < -0.3 is 4.90 Å². The van der Waals surface area contributed by atoms with E-state index in [9.17, 15) is 8.78 Å². The third kappa shape index (κ3) is 2.74. The number of hydrogen-bond donors (Lipinski definition) is 0. The minimum Gasteiger partial charge on any atom is -0.346 e. The molecule has 100 valence electrons. The maximum Gasteiger partial charge on any atom is 0.185 e. The fourth-order valence-electron chi connectivity index (χ4n) is 1.95. The van der Waals surface area contributed by atoms with Crippen LogP contribution in [0.4, 0.5) is 13.9 Å². The van der Waals surface area contributed by atoms with E-state index in [0.29, 0.717) is 11.3 Å². The van der Waals surface area contributed by atoms with Crippen LogP contribution in [-0.4, -0.2) is 29.6 Å². The molecule has 0 saturated carbocycles. The molecule has 0 amide bonds. The molecule has 6 heteroatoms. The van der Waals surface area contributed by atoms with Gasteiger partial charge in [0.1, 0.15) is 0 Å². The van der Waals surface area contributed by atoms with Crippen molar-refractivity contribution in [2.24, 2.45) is 0 Å². The van der Waals surface area contributed by atoms with Crippen LogP contribution in [0.15, 0.2) is 23.6 Å². The summed E-state index contributed by atoms with van der Waals surface area (Å²) < 4.78 is 26.1. The van der Waals surface area contributed by atoms with Crippen LogP contribution >= 0.6 is 23.1 Å². The van der Waals surface area contributed by atoms with Crippen molar-refractivity contribution in [3.05, 3.63) is 35.2 Å². The first-order valence-corrected chi connectivity index (χ1v) is 8.01. The predicted octanol–water partition coefficient (Wildman–Crippen LogP) is 3.64. The van der Waals surface area contributed by atoms with Crippen LogP contribution in [0.25, 0.3) is 11.3 Å². The molecule has 0 bridgehead atoms. The molecule has 2 aromatic rings. The van der Waals surface area contributed by atoms with E-state index in [4.69, 9.17) is 0 Å². The van der Waals surface area contributed by atoms with Crippen LogP contribution in [0.2, 0.25) is 0 Å². The number of thiazole rings is 1. The zero-order valence-corrected chi connectivity index (χ0v) is 11.7. The molecule has 2 heterocycles. The standard InChI is InChI=1S/C13H12F2N2S2/c14-10-2-1-9(7-11(10)15)12-8-19-13(16-12)17-3-5-18-6-4-17/h1-2,7-8H,3-6H2. The van der Waals surface area contributed by atoms with Gasteiger partial charge in [0.25, 0.3) is 0 Å². The van der Waals surface area contributed by atoms with E-state index in [1.807, 2.05) is 17.1 Å². The first-order valence-electron chi connectivity index (χ1n) is 5.98. The van der Waals surface area contributed by atoms with Gasteiger partial charge in [0.15, 0.2) is 16.8 Å². The molecule has 19 heavy (non-hydrogen) atoms. The number of anilines is 1. The van der Waals surface area contributed by atoms with Gasteiger partial charge in [0, 0.05) is 35.5 Å². The molecule has 0 N–H and O–H groups in total. The van der Waals surface area contributed by atoms with Gasteiger partial charge in [-0.2, -0.15) is 11.8 Å². The van der Waals surface area contributed by atoms with Crippen LogP contribution in [0, 0.1) is 11.6 Å². The van der Waals surface area contributed by atoms with Gasteiger partial charge in [-0.25, -0.2) is 13.8 Å². The number of rotatable bonds is 2. The smallest absolute Gasteiger partial charge is 0.185 e. The van der Waals surface area contributed by atoms with Gasteiger partial charge in [0.05, 0.1) is 5.69 Å². The van der Waals surface area contributed by atoms with Gasteiger partial charge in [0.2, 0.25) is 0 Å². The van der Waals surface area contributed by atoms with Crippen molar-refractivity contribution in [3.8, 4) is 11.3 Å². The summed E-state index contributed by atoms with van der Waals surface area (Å²) in [5.41, 5.74) is 1.32. The summed E-state index contributed by atoms with van der Waals surface area (Å²) in [4.78, 5) is 6.76. The Labute approximate surface area is 118 Å². The van der Waals surface area contributed by atoms with E-state index in [2.05, 4.69) is 9.88 Å². The molecule has 0 radical (unpaired) electrons. The number of nitrogens with zero attached hydrogens (tertiary/aromatic N) is 2. The molecule has 0 aliphatic carbocycles. The Hall–Kier alpha value is -1.14. The van der Waals surface area contributed by atoms with Crippen molar-refractivity contribution in [1.82, 2.24) is 4.98 Å². The van der Waals surface area contributed by atoms with E-state index in [-0.39, 0.29) is 0 Å². The number of benzene rings is 1. The molecule has 0 unspecified atom stereocenters. The highest BCUT2D eigenvalue weighted by molar-refractivity contribution is 7.99. The van der Waals surface area contributed by atoms with Crippen LogP contribution in [0.1, 0.15) is 0 Å². The molecule has 1 aromatic carbocycles. The molecule has 0 spiro atoms. The maximum atomic E-state index is 13.2. The minimum absolute atomic E-state index is 0.618. The zero-order valence-electron chi connectivity index (χ0n) is 10.1. The molecule has 1 aliphatic heterocycles. The topological polar surface area (TPSA) is 16.1 Å². The van der Waals surface area contributed by atoms with Gasteiger partial charge in [-0.15, -0.1) is 11.3 Å². The Morgan fingerprint density at radius 2 is 1.89 bits per heavy atom. The van der Waals surface area contributed by atoms with E-state index in [1.54, 1.807) is 17.4 Å². The van der Waals surface area contributed by atoms with Crippen molar-refractivity contribution in [1.29, 1.82) is 0 Å². The molecule has 2 nitrogen and oxygen atoms in total. The lowest BCUT2D eigenvalue weighted by molar-refractivity contribution is 0.509. The van der Waals surface area contributed by atoms with Gasteiger partial charge in [-0.1, -0.05) is 0 Å². The van der Waals surface area contributed by atoms with E-state index < -0.39 is 11.6 Å². The molecular formula is C13H12F2N2S2. The number of aromatic nitrogens is 1. The second-order valence-corrected chi connectivity index (χ2v) is 6.30. The Morgan fingerprint density at radius 3 is 2.63 bits per heavy atom. The summed E-state index contributed by atoms with van der Waals surface area (Å²) in [7, 11) is 0. The van der Waals surface area contributed by atoms with E-state index >= 15 is 0 Å². The Morgan fingerprint density at radius 1 is 1.11 bits per heavy atom. The van der Waals surface area contributed by atoms with E-state index in [0.717, 1.165) is 35.8 Å². The second kappa shape index (κ2) is 5.46. The first kappa shape index (κ1) is 12.9. The number of halogens is 2. The maximum absolute atomic E-state index is 13.2. The third-order valence-corrected chi connectivity index (χ3v) is 4.83. The molecule has 0 atom stereocenters. The first-order chi connectivity index (χ1) is 9.24. The molecular weight excluding hydrogens is 286 g/mol. The summed E-state index contributed by atoms with van der Waals surface area (Å²) >= 11 is 3.49. The second-order valence-electron chi connectivity index (χ2n) is 4.24. The molecule has 1 fully saturated rings. The van der Waals surface area contributed by atoms with Crippen molar-refractivity contribution < 1.29 is 8.78 Å². The highest BCUT2D eigenvalue weighted by Crippen LogP contribution is 2.29. The largest absolute Gasteiger partial charge is 0.346 e. The zero-order chi connectivity index (χ0) is 13.2. The fourth-order valence-corrected chi connectivity index (χ4v) is 3.74. The molecule has 1 saturated heterocycles. The average molecular weight is 298 g/mol. The highest BCUT2D eigenvalue weighted by Gasteiger charge is 2.15. The lowest BCUT2D eigenvalue weighted by Crippen LogP contribution is -2.32. The van der Waals surface area contributed by atoms with Crippen molar-refractivity contribution in [2.75, 3.05) is 29.5 Å². The van der Waals surface area contributed by atoms with Crippen LogP contribution < -0.4 is 4.90 Å². The Bertz CT molecular complexity index is 580. The SMILES string of the molecule is Fc1ccc(-c2csc(N3CCSCC3)n2)cc1F. The lowest BCUT2D eigenvalue weighted by Gasteiger charge is -2.25. The number of thioether (sulfide) groups is 1. The van der Waals surface area contributed by atoms with Crippen LogP contribution in [-0.2, 0) is 0 Å². The monoisotopic (exact) mass is 298 g/mol. The minimum atomic E-state index is -0.832. The van der Waals surface area contributed by atoms with Crippen molar-refractivity contribution in [2.45, 2.75) is 0 Å². The lowest BCUT2D eigenvalue weighted by atomic mass is 10.2. The van der Waals surface area contributed by atoms with Crippen LogP contribution in [0.5, 0.6) is 0 Å². The predicted molar refractivity (Wildman–Crippen MR) is 77.0 cm³/mol. The summed E-state index contributed by atoms with van der Waals surface area (Å²) in [6.07, 6.45) is 0. The summed E-state index contributed by atoms with van der Waals surface area (Å²) in [5.74, 6) is 0.564. The van der Waals surface area contributed by atoms with Crippen LogP contribution in [0.3, 0.4) is 0 Å². The Kier molecular flexibility index (Phi) is 3.70. The quantitative estimate of drug-likeness (QED) is 0.842. The average Bonchev–Trinajstić information content (AvgIpc) is 2.93. The van der Waals surface area contributed by atoms with Gasteiger partial charge >= 0.3 is 0 Å². The van der Waals surface area contributed by atoms with Gasteiger partial charge in [-0.3, -0.25) is 0 Å². The fraction of sp³-hybridized carbons (Fsp3) is 0.308. The normalized spacial score (nSPS) is 15.8. The summed E-state index contributed by atoms with van der Waals surface area (Å²) in [6, 6.07) is 3.89. The number of hydrogen-bond acceptors (Lipinski definition) is 4. The summed E-state index contributed by atoms with van der Waals surface area (Å²) in [6.45, 7) is 1.99. The third-order valence-electron chi connectivity index (χ3n) is 2.99. The summed E-state index contributed by atoms with van der Waals surface area (Å²) in [5, 5.41) is 2.85. The Balaban J connectivity index is 1.85. The molecule has 1 aromatic heterocycles. The molecule has 1 aliphatic rings. The van der Waals surface area contributed by atoms with Gasteiger partial charge in [-0.05, 0) is 18.2 Å².